The molecule has 1 fully saturated rings. The first-order valence-corrected chi connectivity index (χ1v) is 11.6. The van der Waals surface area contributed by atoms with Gasteiger partial charge in [0.05, 0.1) is 17.4 Å². The number of ketones is 2. The zero-order valence-electron chi connectivity index (χ0n) is 20.1. The van der Waals surface area contributed by atoms with Crippen molar-refractivity contribution in [1.29, 1.82) is 0 Å². The smallest absolute Gasteiger partial charge is 0.293 e. The summed E-state index contributed by atoms with van der Waals surface area (Å²) in [5.41, 5.74) is 3.51. The number of aryl methyl sites for hydroxylation is 1. The second kappa shape index (κ2) is 9.26. The Morgan fingerprint density at radius 1 is 0.917 bits per heavy atom. The third-order valence-electron chi connectivity index (χ3n) is 6.40. The number of rotatable bonds is 6. The van der Waals surface area contributed by atoms with Crippen molar-refractivity contribution in [2.24, 2.45) is 5.92 Å². The molecule has 5 rings (SSSR count). The first kappa shape index (κ1) is 23.2. The van der Waals surface area contributed by atoms with Crippen LogP contribution in [0.3, 0.4) is 0 Å². The number of Topliss-reactive ketones (excluding diaryl/α,β-unsaturated/α-hetero) is 2. The number of aromatic nitrogens is 5. The van der Waals surface area contributed by atoms with Crippen molar-refractivity contribution < 1.29 is 14.4 Å². The number of hydrogen-bond acceptors (Lipinski definition) is 7. The van der Waals surface area contributed by atoms with Crippen LogP contribution in [-0.2, 0) is 9.59 Å². The van der Waals surface area contributed by atoms with Crippen molar-refractivity contribution in [2.75, 3.05) is 4.90 Å². The summed E-state index contributed by atoms with van der Waals surface area (Å²) in [7, 11) is 0. The number of benzene rings is 2. The van der Waals surface area contributed by atoms with Crippen molar-refractivity contribution in [3.63, 3.8) is 0 Å². The quantitative estimate of drug-likeness (QED) is 0.235. The number of carbonyl (C=O) groups excluding carboxylic acids is 3. The fourth-order valence-corrected chi connectivity index (χ4v) is 4.42. The highest BCUT2D eigenvalue weighted by Gasteiger charge is 2.52. The lowest BCUT2D eigenvalue weighted by Crippen LogP contribution is -2.31. The summed E-state index contributed by atoms with van der Waals surface area (Å²) in [4.78, 5) is 45.5. The number of amides is 1. The summed E-state index contributed by atoms with van der Waals surface area (Å²) in [6, 6.07) is 16.8. The summed E-state index contributed by atoms with van der Waals surface area (Å²) in [6.45, 7) is 5.91. The molecule has 180 valence electrons. The molecular formula is C27H24N6O3. The van der Waals surface area contributed by atoms with Crippen molar-refractivity contribution >= 4 is 23.3 Å². The van der Waals surface area contributed by atoms with E-state index >= 15 is 0 Å². The Balaban J connectivity index is 1.59. The fraction of sp³-hybridized carbons (Fsp3) is 0.222. The van der Waals surface area contributed by atoms with Gasteiger partial charge in [0, 0.05) is 5.56 Å². The molecule has 0 aliphatic carbocycles. The highest BCUT2D eigenvalue weighted by atomic mass is 16.2. The van der Waals surface area contributed by atoms with Gasteiger partial charge in [-0.1, -0.05) is 50.2 Å². The van der Waals surface area contributed by atoms with E-state index in [0.29, 0.717) is 22.7 Å². The topological polar surface area (TPSA) is 111 Å². The predicted molar refractivity (Wildman–Crippen MR) is 132 cm³/mol. The molecule has 0 saturated carbocycles. The summed E-state index contributed by atoms with van der Waals surface area (Å²) in [5, 5.41) is 12.3. The van der Waals surface area contributed by atoms with Crippen molar-refractivity contribution in [2.45, 2.75) is 32.7 Å². The molecule has 0 radical (unpaired) electrons. The standard InChI is InChI=1S/C27H24N6O3/c1-16(2)18-5-7-20(8-6-18)25(34)23-24(19-9-11-21(12-10-19)32-15-28-14-29-32)33(27(36)26(23)35)22-13-4-17(3)30-31-22/h4-16,23-24H,1-3H3. The monoisotopic (exact) mass is 480 g/mol. The van der Waals surface area contributed by atoms with E-state index < -0.39 is 29.4 Å². The molecule has 36 heavy (non-hydrogen) atoms. The van der Waals surface area contributed by atoms with Crippen LogP contribution < -0.4 is 4.90 Å². The van der Waals surface area contributed by atoms with E-state index in [1.54, 1.807) is 66.5 Å². The molecule has 0 N–H and O–H groups in total. The molecule has 1 saturated heterocycles. The fourth-order valence-electron chi connectivity index (χ4n) is 4.42. The first-order chi connectivity index (χ1) is 17.3. The average molecular weight is 481 g/mol. The van der Waals surface area contributed by atoms with Crippen LogP contribution in [0.1, 0.15) is 53.0 Å². The molecule has 2 aromatic carbocycles. The van der Waals surface area contributed by atoms with Gasteiger partial charge < -0.3 is 0 Å². The van der Waals surface area contributed by atoms with E-state index in [-0.39, 0.29) is 5.82 Å². The maximum atomic E-state index is 13.7. The van der Waals surface area contributed by atoms with Gasteiger partial charge in [-0.25, -0.2) is 9.67 Å². The number of anilines is 1. The van der Waals surface area contributed by atoms with E-state index in [1.807, 2.05) is 12.1 Å². The largest absolute Gasteiger partial charge is 0.297 e. The lowest BCUT2D eigenvalue weighted by molar-refractivity contribution is -0.135. The van der Waals surface area contributed by atoms with Crippen molar-refractivity contribution in [3.05, 3.63) is 95.7 Å². The molecule has 2 unspecified atom stereocenters. The number of hydrogen-bond donors (Lipinski definition) is 0. The summed E-state index contributed by atoms with van der Waals surface area (Å²) >= 11 is 0. The minimum atomic E-state index is -1.22. The molecule has 1 amide bonds. The minimum absolute atomic E-state index is 0.217. The van der Waals surface area contributed by atoms with Crippen LogP contribution >= 0.6 is 0 Å². The SMILES string of the molecule is Cc1ccc(N2C(=O)C(=O)C(C(=O)c3ccc(C(C)C)cc3)C2c2ccc(-n3cncn3)cc2)nn1. The minimum Gasteiger partial charge on any atom is -0.293 e. The van der Waals surface area contributed by atoms with Crippen LogP contribution in [0.25, 0.3) is 5.69 Å². The van der Waals surface area contributed by atoms with Gasteiger partial charge in [0.15, 0.2) is 11.6 Å². The van der Waals surface area contributed by atoms with Crippen LogP contribution in [0, 0.1) is 12.8 Å². The van der Waals surface area contributed by atoms with Gasteiger partial charge in [-0.2, -0.15) is 10.2 Å². The molecule has 3 heterocycles. The van der Waals surface area contributed by atoms with Crippen molar-refractivity contribution in [1.82, 2.24) is 25.0 Å². The van der Waals surface area contributed by atoms with Crippen LogP contribution in [0.2, 0.25) is 0 Å². The Labute approximate surface area is 207 Å². The third kappa shape index (κ3) is 4.08. The lowest BCUT2D eigenvalue weighted by atomic mass is 9.85. The van der Waals surface area contributed by atoms with Crippen LogP contribution in [-0.4, -0.2) is 42.4 Å². The third-order valence-corrected chi connectivity index (χ3v) is 6.40. The second-order valence-corrected chi connectivity index (χ2v) is 9.07. The van der Waals surface area contributed by atoms with Crippen LogP contribution in [0.4, 0.5) is 5.82 Å². The van der Waals surface area contributed by atoms with Crippen LogP contribution in [0.15, 0.2) is 73.3 Å². The normalized spacial score (nSPS) is 17.7. The van der Waals surface area contributed by atoms with Gasteiger partial charge in [0.2, 0.25) is 5.78 Å². The van der Waals surface area contributed by atoms with Gasteiger partial charge in [0.1, 0.15) is 18.6 Å². The van der Waals surface area contributed by atoms with Crippen LogP contribution in [0.5, 0.6) is 0 Å². The first-order valence-electron chi connectivity index (χ1n) is 11.6. The molecule has 0 bridgehead atoms. The molecular weight excluding hydrogens is 456 g/mol. The number of carbonyl (C=O) groups is 3. The zero-order valence-corrected chi connectivity index (χ0v) is 20.1. The molecule has 9 heteroatoms. The summed E-state index contributed by atoms with van der Waals surface area (Å²) in [5.74, 6) is -2.65. The Morgan fingerprint density at radius 3 is 2.22 bits per heavy atom. The Kier molecular flexibility index (Phi) is 5.97. The molecule has 0 spiro atoms. The Bertz CT molecular complexity index is 1410. The molecule has 1 aliphatic rings. The van der Waals surface area contributed by atoms with Gasteiger partial charge in [0.25, 0.3) is 5.91 Å². The summed E-state index contributed by atoms with van der Waals surface area (Å²) < 4.78 is 1.59. The van der Waals surface area contributed by atoms with E-state index in [4.69, 9.17) is 0 Å². The molecule has 1 aliphatic heterocycles. The van der Waals surface area contributed by atoms with Gasteiger partial charge in [-0.15, -0.1) is 5.10 Å². The second-order valence-electron chi connectivity index (χ2n) is 9.07. The van der Waals surface area contributed by atoms with Gasteiger partial charge in [-0.05, 0) is 48.2 Å². The van der Waals surface area contributed by atoms with E-state index in [0.717, 1.165) is 11.3 Å². The Morgan fingerprint density at radius 2 is 1.64 bits per heavy atom. The molecule has 2 aromatic heterocycles. The number of nitrogens with zero attached hydrogens (tertiary/aromatic N) is 6. The van der Waals surface area contributed by atoms with Gasteiger partial charge >= 0.3 is 0 Å². The maximum absolute atomic E-state index is 13.7. The predicted octanol–water partition coefficient (Wildman–Crippen LogP) is 3.65. The highest BCUT2D eigenvalue weighted by Crippen LogP contribution is 2.40. The molecule has 2 atom stereocenters. The average Bonchev–Trinajstić information content (AvgIpc) is 3.52. The van der Waals surface area contributed by atoms with E-state index in [9.17, 15) is 14.4 Å². The van der Waals surface area contributed by atoms with E-state index in [1.165, 1.54) is 11.2 Å². The zero-order chi connectivity index (χ0) is 25.4. The summed E-state index contributed by atoms with van der Waals surface area (Å²) in [6.07, 6.45) is 3.00. The molecule has 9 nitrogen and oxygen atoms in total. The maximum Gasteiger partial charge on any atom is 0.297 e. The molecule has 4 aromatic rings. The Hall–Kier alpha value is -4.53. The van der Waals surface area contributed by atoms with Crippen molar-refractivity contribution in [3.8, 4) is 5.69 Å². The van der Waals surface area contributed by atoms with Gasteiger partial charge in [-0.3, -0.25) is 19.3 Å². The lowest BCUT2D eigenvalue weighted by Gasteiger charge is -2.26. The highest BCUT2D eigenvalue weighted by molar-refractivity contribution is 6.48. The van der Waals surface area contributed by atoms with E-state index in [2.05, 4.69) is 34.1 Å².